The van der Waals surface area contributed by atoms with E-state index in [2.05, 4.69) is 29.1 Å². The van der Waals surface area contributed by atoms with Crippen LogP contribution in [0.5, 0.6) is 0 Å². The molecule has 0 radical (unpaired) electrons. The van der Waals surface area contributed by atoms with Crippen LogP contribution in [-0.4, -0.2) is 75.8 Å². The minimum atomic E-state index is 0.784. The van der Waals surface area contributed by atoms with Gasteiger partial charge in [0.1, 0.15) is 0 Å². The van der Waals surface area contributed by atoms with Crippen molar-refractivity contribution >= 4 is 5.96 Å². The molecule has 0 aliphatic carbocycles. The highest BCUT2D eigenvalue weighted by atomic mass is 16.5. The Labute approximate surface area is 111 Å². The molecule has 1 heterocycles. The van der Waals surface area contributed by atoms with Crippen LogP contribution in [0, 0.1) is 0 Å². The summed E-state index contributed by atoms with van der Waals surface area (Å²) in [6.07, 6.45) is 2.58. The van der Waals surface area contributed by atoms with Crippen molar-refractivity contribution in [3.63, 3.8) is 0 Å². The molecule has 1 rings (SSSR count). The van der Waals surface area contributed by atoms with Crippen molar-refractivity contribution in [2.24, 2.45) is 4.99 Å². The van der Waals surface area contributed by atoms with Gasteiger partial charge in [0.25, 0.3) is 0 Å². The number of ether oxygens (including phenoxy) is 1. The van der Waals surface area contributed by atoms with E-state index in [0.717, 1.165) is 51.8 Å². The van der Waals surface area contributed by atoms with Gasteiger partial charge in [-0.1, -0.05) is 0 Å². The lowest BCUT2D eigenvalue weighted by Crippen LogP contribution is -2.40. The Morgan fingerprint density at radius 2 is 2.06 bits per heavy atom. The molecule has 0 amide bonds. The molecule has 0 saturated carbocycles. The molecule has 5 nitrogen and oxygen atoms in total. The molecule has 106 valence electrons. The van der Waals surface area contributed by atoms with Gasteiger partial charge in [-0.2, -0.15) is 0 Å². The van der Waals surface area contributed by atoms with E-state index in [-0.39, 0.29) is 0 Å². The molecular formula is C13H28N4O. The molecule has 1 fully saturated rings. The first-order chi connectivity index (χ1) is 8.77. The molecule has 18 heavy (non-hydrogen) atoms. The number of likely N-dealkylation sites (N-methyl/N-ethyl adjacent to an activating group) is 1. The van der Waals surface area contributed by atoms with Crippen molar-refractivity contribution in [2.45, 2.75) is 19.8 Å². The Hall–Kier alpha value is -0.810. The zero-order chi connectivity index (χ0) is 13.2. The van der Waals surface area contributed by atoms with E-state index in [0.29, 0.717) is 0 Å². The van der Waals surface area contributed by atoms with Crippen LogP contribution in [0.2, 0.25) is 0 Å². The van der Waals surface area contributed by atoms with Gasteiger partial charge in [0, 0.05) is 39.8 Å². The van der Waals surface area contributed by atoms with E-state index in [9.17, 15) is 0 Å². The normalized spacial score (nSPS) is 16.7. The summed E-state index contributed by atoms with van der Waals surface area (Å²) in [5, 5.41) is 3.37. The highest BCUT2D eigenvalue weighted by Gasteiger charge is 2.15. The Morgan fingerprint density at radius 3 is 2.67 bits per heavy atom. The van der Waals surface area contributed by atoms with Gasteiger partial charge in [0.15, 0.2) is 5.96 Å². The minimum Gasteiger partial charge on any atom is -0.383 e. The first-order valence-corrected chi connectivity index (χ1v) is 6.98. The summed E-state index contributed by atoms with van der Waals surface area (Å²) in [5.41, 5.74) is 0. The van der Waals surface area contributed by atoms with E-state index in [1.54, 1.807) is 7.11 Å². The second kappa shape index (κ2) is 9.16. The van der Waals surface area contributed by atoms with Crippen molar-refractivity contribution in [3.8, 4) is 0 Å². The highest BCUT2D eigenvalue weighted by Crippen LogP contribution is 2.07. The van der Waals surface area contributed by atoms with Crippen LogP contribution in [0.25, 0.3) is 0 Å². The van der Waals surface area contributed by atoms with Gasteiger partial charge >= 0.3 is 0 Å². The molecule has 1 aliphatic rings. The molecule has 0 atom stereocenters. The second-order valence-electron chi connectivity index (χ2n) is 4.73. The number of nitrogens with zero attached hydrogens (tertiary/aromatic N) is 3. The number of likely N-dealkylation sites (tertiary alicyclic amines) is 1. The van der Waals surface area contributed by atoms with Gasteiger partial charge < -0.3 is 19.9 Å². The van der Waals surface area contributed by atoms with Gasteiger partial charge in [-0.25, -0.2) is 0 Å². The smallest absolute Gasteiger partial charge is 0.193 e. The largest absolute Gasteiger partial charge is 0.383 e. The highest BCUT2D eigenvalue weighted by molar-refractivity contribution is 5.80. The average Bonchev–Trinajstić information content (AvgIpc) is 2.89. The number of methoxy groups -OCH3 is 1. The fourth-order valence-corrected chi connectivity index (χ4v) is 2.04. The van der Waals surface area contributed by atoms with Crippen LogP contribution in [0.1, 0.15) is 19.8 Å². The van der Waals surface area contributed by atoms with Crippen LogP contribution in [0.3, 0.4) is 0 Å². The standard InChI is InChI=1S/C13H28N4O/c1-4-14-13(17-8-5-6-9-17)15-7-10-16(2)11-12-18-3/h4-12H2,1-3H3,(H,14,15). The fourth-order valence-electron chi connectivity index (χ4n) is 2.04. The number of rotatable bonds is 7. The van der Waals surface area contributed by atoms with Gasteiger partial charge in [-0.05, 0) is 26.8 Å². The van der Waals surface area contributed by atoms with Crippen LogP contribution in [-0.2, 0) is 4.74 Å². The summed E-state index contributed by atoms with van der Waals surface area (Å²) in [6, 6.07) is 0. The van der Waals surface area contributed by atoms with E-state index < -0.39 is 0 Å². The number of hydrogen-bond acceptors (Lipinski definition) is 3. The van der Waals surface area contributed by atoms with Crippen LogP contribution in [0.4, 0.5) is 0 Å². The van der Waals surface area contributed by atoms with E-state index in [1.165, 1.54) is 12.8 Å². The monoisotopic (exact) mass is 256 g/mol. The molecular weight excluding hydrogens is 228 g/mol. The quantitative estimate of drug-likeness (QED) is 0.536. The van der Waals surface area contributed by atoms with Crippen LogP contribution < -0.4 is 5.32 Å². The third-order valence-electron chi connectivity index (χ3n) is 3.16. The van der Waals surface area contributed by atoms with Gasteiger partial charge in [0.2, 0.25) is 0 Å². The second-order valence-corrected chi connectivity index (χ2v) is 4.73. The number of aliphatic imine (C=N–C) groups is 1. The summed E-state index contributed by atoms with van der Waals surface area (Å²) in [7, 11) is 3.85. The molecule has 0 spiro atoms. The lowest BCUT2D eigenvalue weighted by molar-refractivity contribution is 0.163. The molecule has 1 N–H and O–H groups in total. The van der Waals surface area contributed by atoms with Gasteiger partial charge in [-0.3, -0.25) is 4.99 Å². The van der Waals surface area contributed by atoms with Crippen LogP contribution in [0.15, 0.2) is 4.99 Å². The third-order valence-corrected chi connectivity index (χ3v) is 3.16. The summed E-state index contributed by atoms with van der Waals surface area (Å²) in [4.78, 5) is 9.30. The van der Waals surface area contributed by atoms with Crippen LogP contribution >= 0.6 is 0 Å². The molecule has 0 aromatic rings. The Kier molecular flexibility index (Phi) is 7.76. The van der Waals surface area contributed by atoms with Crippen molar-refractivity contribution in [3.05, 3.63) is 0 Å². The van der Waals surface area contributed by atoms with Gasteiger partial charge in [-0.15, -0.1) is 0 Å². The Morgan fingerprint density at radius 1 is 1.33 bits per heavy atom. The summed E-state index contributed by atoms with van der Waals surface area (Å²) < 4.78 is 5.06. The molecule has 0 aromatic heterocycles. The maximum absolute atomic E-state index is 5.06. The van der Waals surface area contributed by atoms with Crippen molar-refractivity contribution in [1.29, 1.82) is 0 Å². The predicted molar refractivity (Wildman–Crippen MR) is 76.2 cm³/mol. The molecule has 1 aliphatic heterocycles. The zero-order valence-corrected chi connectivity index (χ0v) is 12.1. The first-order valence-electron chi connectivity index (χ1n) is 6.98. The molecule has 1 saturated heterocycles. The van der Waals surface area contributed by atoms with E-state index >= 15 is 0 Å². The Bertz CT molecular complexity index is 239. The van der Waals surface area contributed by atoms with E-state index in [1.807, 2.05) is 0 Å². The van der Waals surface area contributed by atoms with Gasteiger partial charge in [0.05, 0.1) is 13.2 Å². The minimum absolute atomic E-state index is 0.784. The number of hydrogen-bond donors (Lipinski definition) is 1. The number of nitrogens with one attached hydrogen (secondary N) is 1. The van der Waals surface area contributed by atoms with E-state index in [4.69, 9.17) is 9.73 Å². The maximum atomic E-state index is 5.06. The average molecular weight is 256 g/mol. The van der Waals surface area contributed by atoms with Crippen molar-refractivity contribution in [1.82, 2.24) is 15.1 Å². The topological polar surface area (TPSA) is 40.1 Å². The molecule has 0 aromatic carbocycles. The lowest BCUT2D eigenvalue weighted by atomic mass is 10.4. The fraction of sp³-hybridized carbons (Fsp3) is 0.923. The molecule has 5 heteroatoms. The maximum Gasteiger partial charge on any atom is 0.193 e. The molecule has 0 bridgehead atoms. The van der Waals surface area contributed by atoms with Crippen molar-refractivity contribution < 1.29 is 4.74 Å². The zero-order valence-electron chi connectivity index (χ0n) is 12.1. The van der Waals surface area contributed by atoms with Crippen molar-refractivity contribution in [2.75, 3.05) is 60.0 Å². The Balaban J connectivity index is 2.30. The predicted octanol–water partition coefficient (Wildman–Crippen LogP) is 0.626. The lowest BCUT2D eigenvalue weighted by Gasteiger charge is -2.21. The summed E-state index contributed by atoms with van der Waals surface area (Å²) >= 11 is 0. The first kappa shape index (κ1) is 15.2. The SMILES string of the molecule is CCNC(=NCCN(C)CCOC)N1CCCC1. The summed E-state index contributed by atoms with van der Waals surface area (Å²) in [6.45, 7) is 8.92. The summed E-state index contributed by atoms with van der Waals surface area (Å²) in [5.74, 6) is 1.08. The number of guanidine groups is 1. The molecule has 0 unspecified atom stereocenters. The third kappa shape index (κ3) is 5.69.